The number of nitrogens with zero attached hydrogens (tertiary/aromatic N) is 2. The maximum atomic E-state index is 4.60. The Balaban J connectivity index is 3.07. The molecule has 0 aliphatic heterocycles. The molecule has 0 bridgehead atoms. The van der Waals surface area contributed by atoms with Crippen LogP contribution in [0.25, 0.3) is 0 Å². The Kier molecular flexibility index (Phi) is 5.55. The van der Waals surface area contributed by atoms with Crippen molar-refractivity contribution in [3.8, 4) is 0 Å². The van der Waals surface area contributed by atoms with E-state index in [1.165, 1.54) is 0 Å². The van der Waals surface area contributed by atoms with Crippen LogP contribution in [0, 0.1) is 0 Å². The van der Waals surface area contributed by atoms with Crippen LogP contribution in [-0.4, -0.2) is 22.8 Å². The van der Waals surface area contributed by atoms with Gasteiger partial charge in [0.25, 0.3) is 0 Å². The fraction of sp³-hybridized carbons (Fsp3) is 0.636. The highest BCUT2D eigenvalue weighted by Gasteiger charge is 2.13. The third kappa shape index (κ3) is 3.35. The second-order valence-corrected chi connectivity index (χ2v) is 5.80. The van der Waals surface area contributed by atoms with Gasteiger partial charge in [0.15, 0.2) is 0 Å². The summed E-state index contributed by atoms with van der Waals surface area (Å²) in [6.45, 7) is 6.43. The topological polar surface area (TPSA) is 37.8 Å². The Bertz CT molecular complexity index is 355. The molecule has 0 unspecified atom stereocenters. The number of rotatable bonds is 5. The van der Waals surface area contributed by atoms with Crippen molar-refractivity contribution in [1.29, 1.82) is 0 Å². The van der Waals surface area contributed by atoms with Crippen LogP contribution >= 0.6 is 27.7 Å². The van der Waals surface area contributed by atoms with Gasteiger partial charge in [-0.3, -0.25) is 0 Å². The monoisotopic (exact) mass is 303 g/mol. The van der Waals surface area contributed by atoms with Crippen molar-refractivity contribution in [3.63, 3.8) is 0 Å². The SMILES string of the molecule is CCSCc1nc(NC)c(Br)c(C(C)C)n1. The number of hydrogen-bond donors (Lipinski definition) is 1. The second-order valence-electron chi connectivity index (χ2n) is 3.73. The quantitative estimate of drug-likeness (QED) is 0.901. The van der Waals surface area contributed by atoms with Crippen molar-refractivity contribution in [2.75, 3.05) is 18.1 Å². The summed E-state index contributed by atoms with van der Waals surface area (Å²) in [5, 5.41) is 3.10. The van der Waals surface area contributed by atoms with Crippen molar-refractivity contribution in [1.82, 2.24) is 9.97 Å². The molecule has 1 aromatic rings. The predicted molar refractivity (Wildman–Crippen MR) is 75.2 cm³/mol. The zero-order valence-electron chi connectivity index (χ0n) is 10.2. The average molecular weight is 304 g/mol. The van der Waals surface area contributed by atoms with E-state index in [1.807, 2.05) is 18.8 Å². The molecule has 0 aliphatic rings. The van der Waals surface area contributed by atoms with Crippen molar-refractivity contribution < 1.29 is 0 Å². The van der Waals surface area contributed by atoms with Crippen molar-refractivity contribution in [2.45, 2.75) is 32.4 Å². The van der Waals surface area contributed by atoms with E-state index in [4.69, 9.17) is 0 Å². The van der Waals surface area contributed by atoms with Crippen LogP contribution in [0.1, 0.15) is 38.2 Å². The summed E-state index contributed by atoms with van der Waals surface area (Å²) in [6.07, 6.45) is 0. The normalized spacial score (nSPS) is 10.9. The zero-order valence-corrected chi connectivity index (χ0v) is 12.6. The highest BCUT2D eigenvalue weighted by atomic mass is 79.9. The Labute approximate surface area is 110 Å². The van der Waals surface area contributed by atoms with Gasteiger partial charge in [-0.2, -0.15) is 11.8 Å². The molecule has 1 rings (SSSR count). The van der Waals surface area contributed by atoms with E-state index < -0.39 is 0 Å². The first-order chi connectivity index (χ1) is 7.60. The summed E-state index contributed by atoms with van der Waals surface area (Å²) >= 11 is 5.39. The van der Waals surface area contributed by atoms with Gasteiger partial charge in [-0.25, -0.2) is 9.97 Å². The lowest BCUT2D eigenvalue weighted by Crippen LogP contribution is -2.06. The molecular weight excluding hydrogens is 286 g/mol. The minimum atomic E-state index is 0.398. The molecule has 0 saturated heterocycles. The van der Waals surface area contributed by atoms with E-state index in [9.17, 15) is 0 Å². The minimum absolute atomic E-state index is 0.398. The van der Waals surface area contributed by atoms with Gasteiger partial charge in [0.2, 0.25) is 0 Å². The van der Waals surface area contributed by atoms with Gasteiger partial charge in [-0.1, -0.05) is 20.8 Å². The summed E-state index contributed by atoms with van der Waals surface area (Å²) < 4.78 is 0.982. The maximum Gasteiger partial charge on any atom is 0.144 e. The summed E-state index contributed by atoms with van der Waals surface area (Å²) in [7, 11) is 1.88. The molecule has 0 spiro atoms. The third-order valence-electron chi connectivity index (χ3n) is 2.14. The van der Waals surface area contributed by atoms with E-state index in [2.05, 4.69) is 52.0 Å². The smallest absolute Gasteiger partial charge is 0.144 e. The first-order valence-electron chi connectivity index (χ1n) is 5.41. The number of halogens is 1. The molecule has 0 aromatic carbocycles. The number of hydrogen-bond acceptors (Lipinski definition) is 4. The van der Waals surface area contributed by atoms with Gasteiger partial charge < -0.3 is 5.32 Å². The molecule has 5 heteroatoms. The molecule has 1 aromatic heterocycles. The van der Waals surface area contributed by atoms with Gasteiger partial charge in [0.1, 0.15) is 11.6 Å². The van der Waals surface area contributed by atoms with Crippen molar-refractivity contribution in [2.24, 2.45) is 0 Å². The van der Waals surface area contributed by atoms with Gasteiger partial charge in [-0.05, 0) is 27.6 Å². The second kappa shape index (κ2) is 6.45. The van der Waals surface area contributed by atoms with E-state index in [0.717, 1.165) is 33.3 Å². The molecule has 3 nitrogen and oxygen atoms in total. The number of aromatic nitrogens is 2. The highest BCUT2D eigenvalue weighted by molar-refractivity contribution is 9.10. The number of nitrogens with one attached hydrogen (secondary N) is 1. The van der Waals surface area contributed by atoms with Crippen LogP contribution < -0.4 is 5.32 Å². The van der Waals surface area contributed by atoms with E-state index in [0.29, 0.717) is 5.92 Å². The molecule has 90 valence electrons. The van der Waals surface area contributed by atoms with Gasteiger partial charge in [-0.15, -0.1) is 0 Å². The fourth-order valence-corrected chi connectivity index (χ4v) is 2.67. The Morgan fingerprint density at radius 1 is 1.38 bits per heavy atom. The molecule has 0 atom stereocenters. The van der Waals surface area contributed by atoms with Gasteiger partial charge in [0.05, 0.1) is 15.9 Å². The van der Waals surface area contributed by atoms with Crippen LogP contribution in [0.15, 0.2) is 4.47 Å². The highest BCUT2D eigenvalue weighted by Crippen LogP contribution is 2.29. The summed E-state index contributed by atoms with van der Waals surface area (Å²) in [6, 6.07) is 0. The molecule has 0 radical (unpaired) electrons. The summed E-state index contributed by atoms with van der Waals surface area (Å²) in [4.78, 5) is 9.08. The molecule has 0 saturated carbocycles. The molecule has 0 fully saturated rings. The lowest BCUT2D eigenvalue weighted by molar-refractivity contribution is 0.793. The third-order valence-corrected chi connectivity index (χ3v) is 3.79. The summed E-state index contributed by atoms with van der Waals surface area (Å²) in [5.41, 5.74) is 1.08. The first kappa shape index (κ1) is 13.8. The largest absolute Gasteiger partial charge is 0.372 e. The van der Waals surface area contributed by atoms with Crippen LogP contribution in [0.2, 0.25) is 0 Å². The Hall–Kier alpha value is -0.290. The molecule has 16 heavy (non-hydrogen) atoms. The lowest BCUT2D eigenvalue weighted by Gasteiger charge is -2.13. The molecule has 1 N–H and O–H groups in total. The average Bonchev–Trinajstić information content (AvgIpc) is 2.27. The molecule has 1 heterocycles. The minimum Gasteiger partial charge on any atom is -0.372 e. The first-order valence-corrected chi connectivity index (χ1v) is 7.36. The Morgan fingerprint density at radius 2 is 2.06 bits per heavy atom. The van der Waals surface area contributed by atoms with Crippen LogP contribution in [0.3, 0.4) is 0 Å². The van der Waals surface area contributed by atoms with Crippen LogP contribution in [0.4, 0.5) is 5.82 Å². The molecule has 0 aliphatic carbocycles. The number of thioether (sulfide) groups is 1. The summed E-state index contributed by atoms with van der Waals surface area (Å²) in [5.74, 6) is 4.15. The molecule has 0 amide bonds. The van der Waals surface area contributed by atoms with Gasteiger partial charge >= 0.3 is 0 Å². The van der Waals surface area contributed by atoms with E-state index in [1.54, 1.807) is 0 Å². The van der Waals surface area contributed by atoms with Gasteiger partial charge in [0, 0.05) is 7.05 Å². The predicted octanol–water partition coefficient (Wildman–Crippen LogP) is 3.66. The molecular formula is C11H18BrN3S. The van der Waals surface area contributed by atoms with Crippen molar-refractivity contribution in [3.05, 3.63) is 16.0 Å². The maximum absolute atomic E-state index is 4.60. The fourth-order valence-electron chi connectivity index (χ4n) is 1.32. The van der Waals surface area contributed by atoms with Crippen molar-refractivity contribution >= 4 is 33.5 Å². The zero-order chi connectivity index (χ0) is 12.1. The van der Waals surface area contributed by atoms with E-state index in [-0.39, 0.29) is 0 Å². The standard InChI is InChI=1S/C11H18BrN3S/c1-5-16-6-8-14-10(7(2)3)9(12)11(13-4)15-8/h7H,5-6H2,1-4H3,(H,13,14,15). The van der Waals surface area contributed by atoms with E-state index >= 15 is 0 Å². The van der Waals surface area contributed by atoms with Crippen LogP contribution in [0.5, 0.6) is 0 Å². The Morgan fingerprint density at radius 3 is 2.56 bits per heavy atom. The lowest BCUT2D eigenvalue weighted by atomic mass is 10.1. The number of anilines is 1. The van der Waals surface area contributed by atoms with Crippen LogP contribution in [-0.2, 0) is 5.75 Å².